The van der Waals surface area contributed by atoms with Crippen molar-refractivity contribution in [2.75, 3.05) is 27.8 Å². The quantitative estimate of drug-likeness (QED) is 0.118. The first-order valence-electron chi connectivity index (χ1n) is 14.3. The summed E-state index contributed by atoms with van der Waals surface area (Å²) >= 11 is 0. The Kier molecular flexibility index (Phi) is 9.11. The number of H-pyrrole nitrogens is 1. The van der Waals surface area contributed by atoms with Gasteiger partial charge in [-0.25, -0.2) is 9.98 Å². The Hall–Kier alpha value is -4.17. The van der Waals surface area contributed by atoms with Crippen LogP contribution in [0.5, 0.6) is 0 Å². The Morgan fingerprint density at radius 2 is 1.73 bits per heavy atom. The van der Waals surface area contributed by atoms with E-state index in [1.165, 1.54) is 6.33 Å². The van der Waals surface area contributed by atoms with E-state index in [0.717, 1.165) is 10.4 Å². The molecule has 0 saturated carbocycles. The van der Waals surface area contributed by atoms with Crippen LogP contribution in [0.4, 0.5) is 5.95 Å². The molecule has 4 atom stereocenters. The number of hydrogen-bond donors (Lipinski definition) is 1. The Balaban J connectivity index is 1.65. The van der Waals surface area contributed by atoms with Gasteiger partial charge >= 0.3 is 0 Å². The lowest BCUT2D eigenvalue weighted by Crippen LogP contribution is -2.69. The van der Waals surface area contributed by atoms with Gasteiger partial charge in [0.15, 0.2) is 17.4 Å². The molecule has 44 heavy (non-hydrogen) atoms. The molecule has 0 bridgehead atoms. The van der Waals surface area contributed by atoms with Crippen LogP contribution in [0.1, 0.15) is 27.0 Å². The first-order chi connectivity index (χ1) is 21.1. The number of nitrogens with one attached hydrogen (secondary N) is 1. The molecule has 1 aliphatic heterocycles. The molecule has 3 heterocycles. The minimum Gasteiger partial charge on any atom is -0.399 e. The van der Waals surface area contributed by atoms with Gasteiger partial charge in [-0.15, -0.1) is 5.16 Å². The number of aromatic nitrogens is 4. The average molecular weight is 618 g/mol. The fourth-order valence-electron chi connectivity index (χ4n) is 5.81. The summed E-state index contributed by atoms with van der Waals surface area (Å²) in [5.41, 5.74) is 0.0472. The maximum Gasteiger partial charge on any atom is 0.280 e. The maximum absolute atomic E-state index is 12.9. The number of methoxy groups -OCH3 is 1. The first kappa shape index (κ1) is 31.3. The molecule has 0 radical (unpaired) electrons. The number of oxime groups is 1. The zero-order valence-corrected chi connectivity index (χ0v) is 26.9. The number of benzene rings is 2. The highest BCUT2D eigenvalue weighted by molar-refractivity contribution is 6.99. The highest BCUT2D eigenvalue weighted by atomic mass is 28.4. The number of imidazole rings is 1. The summed E-state index contributed by atoms with van der Waals surface area (Å²) in [6.45, 7) is 10.2. The summed E-state index contributed by atoms with van der Waals surface area (Å²) in [7, 11) is 2.22. The third-order valence-electron chi connectivity index (χ3n) is 7.72. The molecule has 0 aliphatic carbocycles. The lowest BCUT2D eigenvalue weighted by molar-refractivity contribution is -0.0677. The highest BCUT2D eigenvalue weighted by Crippen LogP contribution is 2.42. The second-order valence-electron chi connectivity index (χ2n) is 11.9. The van der Waals surface area contributed by atoms with Gasteiger partial charge in [-0.05, 0) is 15.4 Å². The fourth-order valence-corrected chi connectivity index (χ4v) is 10.5. The standard InChI is InChI=1S/C31H39N7O5Si/c1-31(2,3)44(21-14-10-8-11-15-21,22-16-12-9-13-17-22)43-25-23(18-41-32-4)42-29(26(25)40-7)38-20-33-24-27(38)35-30(36-28(24)39)34-19-37(5)6/h8-17,19-20,23,25-26,29H,4,18H2,1-3,5-7H3,(H,35,36,39)/t23-,25?,26?,29-/m1/s1. The molecule has 13 heteroatoms. The van der Waals surface area contributed by atoms with Crippen LogP contribution in [-0.4, -0.2) is 91.9 Å². The molecule has 1 saturated heterocycles. The molecule has 2 aromatic carbocycles. The topological polar surface area (TPSA) is 128 Å². The van der Waals surface area contributed by atoms with Crippen LogP contribution in [0.25, 0.3) is 11.2 Å². The molecular weight excluding hydrogens is 578 g/mol. The molecule has 2 unspecified atom stereocenters. The van der Waals surface area contributed by atoms with Crippen LogP contribution in [0.2, 0.25) is 5.04 Å². The second kappa shape index (κ2) is 12.8. The molecular formula is C31H39N7O5Si. The molecule has 0 spiro atoms. The zero-order chi connectivity index (χ0) is 31.5. The highest BCUT2D eigenvalue weighted by Gasteiger charge is 2.57. The molecule has 1 N–H and O–H groups in total. The number of hydrogen-bond acceptors (Lipinski definition) is 9. The van der Waals surface area contributed by atoms with E-state index in [0.29, 0.717) is 5.65 Å². The van der Waals surface area contributed by atoms with Gasteiger partial charge in [0.25, 0.3) is 13.9 Å². The van der Waals surface area contributed by atoms with Gasteiger partial charge in [0.2, 0.25) is 5.95 Å². The van der Waals surface area contributed by atoms with Crippen LogP contribution in [-0.2, 0) is 18.7 Å². The van der Waals surface area contributed by atoms with Gasteiger partial charge < -0.3 is 23.6 Å². The molecule has 12 nitrogen and oxygen atoms in total. The summed E-state index contributed by atoms with van der Waals surface area (Å²) in [6, 6.07) is 20.7. The summed E-state index contributed by atoms with van der Waals surface area (Å²) < 4.78 is 22.0. The van der Waals surface area contributed by atoms with Crippen LogP contribution < -0.4 is 15.9 Å². The van der Waals surface area contributed by atoms with Gasteiger partial charge in [-0.1, -0.05) is 81.4 Å². The summed E-state index contributed by atoms with van der Waals surface area (Å²) in [5, 5.41) is 5.56. The normalized spacial score (nSPS) is 20.8. The Morgan fingerprint density at radius 3 is 2.27 bits per heavy atom. The van der Waals surface area contributed by atoms with Crippen LogP contribution in [0.3, 0.4) is 0 Å². The van der Waals surface area contributed by atoms with Gasteiger partial charge in [0.1, 0.15) is 24.9 Å². The van der Waals surface area contributed by atoms with Crippen molar-refractivity contribution in [2.45, 2.75) is 50.3 Å². The van der Waals surface area contributed by atoms with E-state index in [4.69, 9.17) is 18.7 Å². The predicted octanol–water partition coefficient (Wildman–Crippen LogP) is 2.83. The molecule has 2 aromatic heterocycles. The Labute approximate surface area is 257 Å². The van der Waals surface area contributed by atoms with Crippen molar-refractivity contribution in [1.82, 2.24) is 24.4 Å². The van der Waals surface area contributed by atoms with Crippen LogP contribution in [0, 0.1) is 0 Å². The van der Waals surface area contributed by atoms with Crippen molar-refractivity contribution in [1.29, 1.82) is 0 Å². The molecule has 232 valence electrons. The number of ether oxygens (including phenoxy) is 2. The predicted molar refractivity (Wildman–Crippen MR) is 173 cm³/mol. The SMILES string of the molecule is C=NOC[C@H]1O[C@@H](n2cnc3c(=O)[nH]c(N=CN(C)C)nc32)C(OC)C1O[Si](c1ccccc1)(c1ccccc1)C(C)(C)C. The molecule has 1 aliphatic rings. The number of rotatable bonds is 11. The van der Waals surface area contributed by atoms with E-state index < -0.39 is 38.4 Å². The molecule has 0 amide bonds. The third kappa shape index (κ3) is 5.83. The average Bonchev–Trinajstić information content (AvgIpc) is 3.58. The molecule has 5 rings (SSSR count). The minimum absolute atomic E-state index is 0.0712. The van der Waals surface area contributed by atoms with Gasteiger partial charge in [0, 0.05) is 27.9 Å². The van der Waals surface area contributed by atoms with Gasteiger partial charge in [0.05, 0.1) is 12.7 Å². The fraction of sp³-hybridized carbons (Fsp3) is 0.387. The van der Waals surface area contributed by atoms with E-state index in [2.05, 4.69) is 76.9 Å². The van der Waals surface area contributed by atoms with Crippen LogP contribution in [0.15, 0.2) is 81.9 Å². The lowest BCUT2D eigenvalue weighted by Gasteiger charge is -2.45. The van der Waals surface area contributed by atoms with Crippen molar-refractivity contribution in [2.24, 2.45) is 10.1 Å². The van der Waals surface area contributed by atoms with E-state index >= 15 is 0 Å². The number of nitrogens with zero attached hydrogens (tertiary/aromatic N) is 6. The minimum atomic E-state index is -3.04. The molecule has 4 aromatic rings. The van der Waals surface area contributed by atoms with Gasteiger partial charge in [-0.3, -0.25) is 14.3 Å². The number of aliphatic imine (C=N–C) groups is 1. The number of fused-ring (bicyclic) bond motifs is 1. The zero-order valence-electron chi connectivity index (χ0n) is 25.9. The smallest absolute Gasteiger partial charge is 0.280 e. The molecule has 1 fully saturated rings. The lowest BCUT2D eigenvalue weighted by atomic mass is 10.1. The summed E-state index contributed by atoms with van der Waals surface area (Å²) in [5.74, 6) is 0.140. The van der Waals surface area contributed by atoms with Crippen molar-refractivity contribution in [3.63, 3.8) is 0 Å². The monoisotopic (exact) mass is 617 g/mol. The largest absolute Gasteiger partial charge is 0.399 e. The van der Waals surface area contributed by atoms with Gasteiger partial charge in [-0.2, -0.15) is 4.98 Å². The van der Waals surface area contributed by atoms with Crippen LogP contribution >= 0.6 is 0 Å². The number of aromatic amines is 1. The van der Waals surface area contributed by atoms with E-state index in [1.807, 2.05) is 50.5 Å². The Bertz CT molecular complexity index is 1610. The van der Waals surface area contributed by atoms with Crippen molar-refractivity contribution < 1.29 is 18.7 Å². The maximum atomic E-state index is 12.9. The van der Waals surface area contributed by atoms with Crippen molar-refractivity contribution in [3.8, 4) is 0 Å². The first-order valence-corrected chi connectivity index (χ1v) is 16.2. The third-order valence-corrected chi connectivity index (χ3v) is 12.8. The summed E-state index contributed by atoms with van der Waals surface area (Å²) in [6.07, 6.45) is 0.469. The van der Waals surface area contributed by atoms with E-state index in [9.17, 15) is 4.79 Å². The second-order valence-corrected chi connectivity index (χ2v) is 16.1. The van der Waals surface area contributed by atoms with Crippen molar-refractivity contribution in [3.05, 3.63) is 77.3 Å². The Morgan fingerprint density at radius 1 is 1.09 bits per heavy atom. The van der Waals surface area contributed by atoms with Crippen molar-refractivity contribution >= 4 is 48.9 Å². The summed E-state index contributed by atoms with van der Waals surface area (Å²) in [4.78, 5) is 36.0. The van der Waals surface area contributed by atoms with E-state index in [1.54, 1.807) is 22.9 Å². The van der Waals surface area contributed by atoms with E-state index in [-0.39, 0.29) is 23.1 Å².